The Kier molecular flexibility index (Phi) is 5.41. The Morgan fingerprint density at radius 2 is 0.769 bits per heavy atom. The summed E-state index contributed by atoms with van der Waals surface area (Å²) in [5.74, 6) is 1.74. The summed E-state index contributed by atoms with van der Waals surface area (Å²) in [4.78, 5) is 12.9. The van der Waals surface area contributed by atoms with E-state index < -0.39 is 0 Å². The van der Waals surface area contributed by atoms with Crippen molar-refractivity contribution in [3.63, 3.8) is 0 Å². The number of rotatable bonds is 4. The highest BCUT2D eigenvalue weighted by Crippen LogP contribution is 2.40. The van der Waals surface area contributed by atoms with Gasteiger partial charge in [0.2, 0.25) is 11.6 Å². The van der Waals surface area contributed by atoms with Gasteiger partial charge in [0.1, 0.15) is 5.52 Å². The van der Waals surface area contributed by atoms with E-state index >= 15 is 0 Å². The minimum atomic E-state index is 0.869. The minimum Gasteiger partial charge on any atom is -0.311 e. The molecule has 6 heteroatoms. The van der Waals surface area contributed by atoms with Gasteiger partial charge in [-0.15, -0.1) is 0 Å². The Balaban J connectivity index is 1.14. The third-order valence-electron chi connectivity index (χ3n) is 10.7. The number of anilines is 3. The van der Waals surface area contributed by atoms with Crippen molar-refractivity contribution in [2.24, 2.45) is 0 Å². The smallest absolute Gasteiger partial charge is 0.223 e. The summed E-state index contributed by atoms with van der Waals surface area (Å²) in [7, 11) is 0. The number of benzene rings is 8. The van der Waals surface area contributed by atoms with Crippen LogP contribution in [0.2, 0.25) is 0 Å². The van der Waals surface area contributed by atoms with Crippen LogP contribution in [0, 0.1) is 0 Å². The summed E-state index contributed by atoms with van der Waals surface area (Å²) in [6.07, 6.45) is 0. The molecule has 0 saturated carbocycles. The van der Waals surface area contributed by atoms with Crippen LogP contribution in [-0.2, 0) is 0 Å². The minimum absolute atomic E-state index is 0.869. The summed E-state index contributed by atoms with van der Waals surface area (Å²) in [6.45, 7) is 0. The van der Waals surface area contributed by atoms with Crippen LogP contribution in [0.4, 0.5) is 17.1 Å². The fourth-order valence-corrected chi connectivity index (χ4v) is 8.31. The average Bonchev–Trinajstić information content (AvgIpc) is 3.92. The van der Waals surface area contributed by atoms with Crippen molar-refractivity contribution in [2.45, 2.75) is 0 Å². The van der Waals surface area contributed by atoms with Gasteiger partial charge in [0, 0.05) is 17.1 Å². The van der Waals surface area contributed by atoms with E-state index in [0.717, 1.165) is 78.4 Å². The van der Waals surface area contributed by atoms with E-state index in [1.165, 1.54) is 21.5 Å². The van der Waals surface area contributed by atoms with Gasteiger partial charge in [-0.05, 0) is 105 Å². The molecule has 0 atom stereocenters. The molecule has 0 aliphatic heterocycles. The lowest BCUT2D eigenvalue weighted by Gasteiger charge is -2.25. The zero-order valence-electron chi connectivity index (χ0n) is 27.8. The normalized spacial score (nSPS) is 12.2. The quantitative estimate of drug-likeness (QED) is 0.188. The van der Waals surface area contributed by atoms with Crippen molar-refractivity contribution in [2.75, 3.05) is 4.90 Å². The second kappa shape index (κ2) is 10.2. The van der Waals surface area contributed by atoms with Crippen LogP contribution in [0.1, 0.15) is 0 Å². The molecule has 4 heterocycles. The van der Waals surface area contributed by atoms with Gasteiger partial charge in [-0.3, -0.25) is 8.80 Å². The molecule has 0 saturated heterocycles. The SMILES string of the molecule is c1ccc(N(c2ccccc2)c2ccc(-c3cc4c5c(c3)n3c6cc7ccccc7cc6nc3n5c3nc5cc6ccccc6cc5n43)cc2)cc1. The monoisotopic (exact) mass is 664 g/mol. The Morgan fingerprint density at radius 3 is 1.25 bits per heavy atom. The molecule has 0 aliphatic carbocycles. The van der Waals surface area contributed by atoms with E-state index in [1.54, 1.807) is 0 Å². The predicted molar refractivity (Wildman–Crippen MR) is 214 cm³/mol. The first kappa shape index (κ1) is 27.6. The number of para-hydroxylation sites is 2. The first-order chi connectivity index (χ1) is 25.8. The summed E-state index contributed by atoms with van der Waals surface area (Å²) >= 11 is 0. The third-order valence-corrected chi connectivity index (χ3v) is 10.7. The molecule has 8 aromatic carbocycles. The molecule has 0 spiro atoms. The molecule has 242 valence electrons. The van der Waals surface area contributed by atoms with Gasteiger partial charge in [-0.2, -0.15) is 0 Å². The molecule has 0 N–H and O–H groups in total. The van der Waals surface area contributed by atoms with Gasteiger partial charge in [0.15, 0.2) is 0 Å². The molecule has 4 aromatic heterocycles. The van der Waals surface area contributed by atoms with E-state index in [0.29, 0.717) is 0 Å². The number of aromatic nitrogens is 5. The first-order valence-electron chi connectivity index (χ1n) is 17.6. The van der Waals surface area contributed by atoms with Crippen molar-refractivity contribution >= 4 is 88.8 Å². The highest BCUT2D eigenvalue weighted by atomic mass is 15.3. The number of hydrogen-bond acceptors (Lipinski definition) is 3. The predicted octanol–water partition coefficient (Wildman–Crippen LogP) is 11.6. The van der Waals surface area contributed by atoms with Crippen LogP contribution in [0.3, 0.4) is 0 Å². The molecule has 0 amide bonds. The summed E-state index contributed by atoms with van der Waals surface area (Å²) in [6, 6.07) is 60.7. The van der Waals surface area contributed by atoms with Gasteiger partial charge in [-0.25, -0.2) is 14.4 Å². The number of imidazole rings is 4. The second-order valence-corrected chi connectivity index (χ2v) is 13.6. The van der Waals surface area contributed by atoms with E-state index in [1.807, 2.05) is 0 Å². The fourth-order valence-electron chi connectivity index (χ4n) is 8.31. The van der Waals surface area contributed by atoms with Crippen molar-refractivity contribution in [1.82, 2.24) is 23.2 Å². The van der Waals surface area contributed by atoms with Gasteiger partial charge in [-0.1, -0.05) is 97.1 Å². The Hall–Kier alpha value is -7.18. The van der Waals surface area contributed by atoms with Crippen molar-refractivity contribution in [3.05, 3.63) is 170 Å². The molecule has 0 radical (unpaired) electrons. The largest absolute Gasteiger partial charge is 0.311 e. The van der Waals surface area contributed by atoms with Crippen LogP contribution >= 0.6 is 0 Å². The molecule has 0 fully saturated rings. The van der Waals surface area contributed by atoms with Gasteiger partial charge < -0.3 is 4.90 Å². The van der Waals surface area contributed by atoms with Gasteiger partial charge in [0.05, 0.1) is 33.1 Å². The lowest BCUT2D eigenvalue weighted by Crippen LogP contribution is -2.09. The highest BCUT2D eigenvalue weighted by molar-refractivity contribution is 6.08. The third kappa shape index (κ3) is 3.78. The zero-order valence-corrected chi connectivity index (χ0v) is 27.8. The molecular formula is C46H28N6. The number of nitrogens with zero attached hydrogens (tertiary/aromatic N) is 6. The van der Waals surface area contributed by atoms with Gasteiger partial charge >= 0.3 is 0 Å². The molecule has 6 nitrogen and oxygen atoms in total. The van der Waals surface area contributed by atoms with Crippen molar-refractivity contribution in [1.29, 1.82) is 0 Å². The number of fused-ring (bicyclic) bond motifs is 12. The van der Waals surface area contributed by atoms with Crippen molar-refractivity contribution in [3.8, 4) is 11.1 Å². The molecular weight excluding hydrogens is 637 g/mol. The topological polar surface area (TPSA) is 42.2 Å². The van der Waals surface area contributed by atoms with E-state index in [4.69, 9.17) is 9.97 Å². The van der Waals surface area contributed by atoms with Crippen molar-refractivity contribution < 1.29 is 0 Å². The molecule has 12 rings (SSSR count). The van der Waals surface area contributed by atoms with Crippen LogP contribution in [0.25, 0.3) is 82.8 Å². The summed E-state index contributed by atoms with van der Waals surface area (Å²) < 4.78 is 6.90. The number of hydrogen-bond donors (Lipinski definition) is 0. The summed E-state index contributed by atoms with van der Waals surface area (Å²) in [5, 5.41) is 4.76. The maximum absolute atomic E-state index is 5.29. The lowest BCUT2D eigenvalue weighted by molar-refractivity contribution is 1.15. The van der Waals surface area contributed by atoms with E-state index in [-0.39, 0.29) is 0 Å². The first-order valence-corrected chi connectivity index (χ1v) is 17.6. The standard InChI is InChI=1S/C46H28N6/c1-3-15-35(16-4-1)49(36-17-5-2-6-18-36)37-21-19-29(20-22-37)34-27-42-44-43(28-34)51-41-26-33-14-10-8-12-31(33)24-39(41)48-46(51)52(44)45-47-38-23-30-11-7-9-13-32(30)25-40(38)50(42)45/h1-28H. The Morgan fingerprint density at radius 1 is 0.346 bits per heavy atom. The van der Waals surface area contributed by atoms with Crippen LogP contribution in [0.5, 0.6) is 0 Å². The highest BCUT2D eigenvalue weighted by Gasteiger charge is 2.25. The van der Waals surface area contributed by atoms with E-state index in [2.05, 4.69) is 188 Å². The molecule has 0 unspecified atom stereocenters. The maximum atomic E-state index is 5.29. The Labute approximate surface area is 297 Å². The molecule has 0 aliphatic rings. The van der Waals surface area contributed by atoms with Crippen LogP contribution in [0.15, 0.2) is 170 Å². The Bertz CT molecular complexity index is 3140. The van der Waals surface area contributed by atoms with E-state index in [9.17, 15) is 0 Å². The van der Waals surface area contributed by atoms with Crippen LogP contribution in [-0.4, -0.2) is 23.2 Å². The molecule has 52 heavy (non-hydrogen) atoms. The summed E-state index contributed by atoms with van der Waals surface area (Å²) in [5.41, 5.74) is 13.1. The van der Waals surface area contributed by atoms with Gasteiger partial charge in [0.25, 0.3) is 0 Å². The zero-order chi connectivity index (χ0) is 33.9. The maximum Gasteiger partial charge on any atom is 0.223 e. The molecule has 12 aromatic rings. The lowest BCUT2D eigenvalue weighted by atomic mass is 10.0. The second-order valence-electron chi connectivity index (χ2n) is 13.6. The fraction of sp³-hybridized carbons (Fsp3) is 0. The average molecular weight is 665 g/mol. The molecule has 0 bridgehead atoms. The van der Waals surface area contributed by atoms with Crippen LogP contribution < -0.4 is 4.90 Å².